The van der Waals surface area contributed by atoms with Gasteiger partial charge in [-0.1, -0.05) is 36.4 Å². The molecule has 4 rings (SSSR count). The van der Waals surface area contributed by atoms with Gasteiger partial charge < -0.3 is 14.6 Å². The number of hydrogen-bond donors (Lipinski definition) is 1. The Labute approximate surface area is 164 Å². The number of hydrogen-bond acceptors (Lipinski definition) is 4. The predicted octanol–water partition coefficient (Wildman–Crippen LogP) is 2.76. The molecule has 1 saturated heterocycles. The topological polar surface area (TPSA) is 71.2 Å². The highest BCUT2D eigenvalue weighted by molar-refractivity contribution is 5.77. The lowest BCUT2D eigenvalue weighted by molar-refractivity contribution is -0.136. The number of nitrogens with zero attached hydrogens (tertiary/aromatic N) is 4. The molecular formula is C22H24N4O2. The van der Waals surface area contributed by atoms with Crippen molar-refractivity contribution < 1.29 is 9.90 Å². The highest BCUT2D eigenvalue weighted by Crippen LogP contribution is 2.31. The molecule has 0 aliphatic carbocycles. The van der Waals surface area contributed by atoms with Gasteiger partial charge in [0.25, 0.3) is 0 Å². The average Bonchev–Trinajstić information content (AvgIpc) is 3.17. The summed E-state index contributed by atoms with van der Waals surface area (Å²) in [5.41, 5.74) is 1.77. The van der Waals surface area contributed by atoms with Gasteiger partial charge in [-0.3, -0.25) is 9.78 Å². The van der Waals surface area contributed by atoms with Gasteiger partial charge >= 0.3 is 0 Å². The number of pyridine rings is 1. The number of imidazole rings is 1. The van der Waals surface area contributed by atoms with Gasteiger partial charge in [0, 0.05) is 37.2 Å². The standard InChI is InChI=1S/C22H24N4O2/c1-17-7-8-19(24-15-17)22(28)9-12-25(13-10-22)20(27)16-26-14-11-23-21(26)18-5-3-2-4-6-18/h2-8,11,14-15,28H,9-10,12-13,16H2,1H3. The lowest BCUT2D eigenvalue weighted by Gasteiger charge is -2.38. The fourth-order valence-corrected chi connectivity index (χ4v) is 3.66. The van der Waals surface area contributed by atoms with Crippen molar-refractivity contribution in [2.75, 3.05) is 13.1 Å². The molecule has 1 fully saturated rings. The van der Waals surface area contributed by atoms with E-state index in [0.29, 0.717) is 31.6 Å². The Morgan fingerprint density at radius 2 is 1.86 bits per heavy atom. The van der Waals surface area contributed by atoms with Gasteiger partial charge in [-0.05, 0) is 31.4 Å². The van der Waals surface area contributed by atoms with Crippen LogP contribution in [0.3, 0.4) is 0 Å². The molecule has 144 valence electrons. The third kappa shape index (κ3) is 3.68. The highest BCUT2D eigenvalue weighted by atomic mass is 16.3. The van der Waals surface area contributed by atoms with Crippen LogP contribution in [0.25, 0.3) is 11.4 Å². The molecule has 0 spiro atoms. The number of benzene rings is 1. The molecule has 28 heavy (non-hydrogen) atoms. The second-order valence-corrected chi connectivity index (χ2v) is 7.38. The molecular weight excluding hydrogens is 352 g/mol. The van der Waals surface area contributed by atoms with Crippen molar-refractivity contribution in [2.45, 2.75) is 31.9 Å². The minimum Gasteiger partial charge on any atom is -0.383 e. The minimum atomic E-state index is -0.964. The third-order valence-corrected chi connectivity index (χ3v) is 5.38. The maximum absolute atomic E-state index is 12.8. The Bertz CT molecular complexity index is 942. The van der Waals surface area contributed by atoms with E-state index in [9.17, 15) is 9.90 Å². The van der Waals surface area contributed by atoms with Crippen molar-refractivity contribution >= 4 is 5.91 Å². The zero-order chi connectivity index (χ0) is 19.6. The summed E-state index contributed by atoms with van der Waals surface area (Å²) in [4.78, 5) is 23.4. The number of amides is 1. The quantitative estimate of drug-likeness (QED) is 0.760. The van der Waals surface area contributed by atoms with E-state index in [1.807, 2.05) is 65.1 Å². The molecule has 3 heterocycles. The molecule has 6 nitrogen and oxygen atoms in total. The number of aromatic nitrogens is 3. The minimum absolute atomic E-state index is 0.0362. The van der Waals surface area contributed by atoms with Crippen LogP contribution in [0.15, 0.2) is 61.1 Å². The summed E-state index contributed by atoms with van der Waals surface area (Å²) >= 11 is 0. The van der Waals surface area contributed by atoms with E-state index in [-0.39, 0.29) is 12.5 Å². The lowest BCUT2D eigenvalue weighted by Crippen LogP contribution is -2.46. The summed E-state index contributed by atoms with van der Waals surface area (Å²) < 4.78 is 1.87. The molecule has 1 aliphatic heterocycles. The number of aliphatic hydroxyl groups is 1. The van der Waals surface area contributed by atoms with Crippen molar-refractivity contribution in [3.63, 3.8) is 0 Å². The van der Waals surface area contributed by atoms with E-state index < -0.39 is 5.60 Å². The van der Waals surface area contributed by atoms with Crippen LogP contribution in [0.2, 0.25) is 0 Å². The lowest BCUT2D eigenvalue weighted by atomic mass is 9.87. The van der Waals surface area contributed by atoms with Crippen LogP contribution in [0, 0.1) is 6.92 Å². The van der Waals surface area contributed by atoms with E-state index in [1.54, 1.807) is 12.4 Å². The van der Waals surface area contributed by atoms with Crippen LogP contribution in [-0.4, -0.2) is 43.5 Å². The molecule has 1 amide bonds. The van der Waals surface area contributed by atoms with Crippen molar-refractivity contribution in [2.24, 2.45) is 0 Å². The molecule has 3 aromatic rings. The number of piperidine rings is 1. The summed E-state index contributed by atoms with van der Waals surface area (Å²) in [6, 6.07) is 13.7. The monoisotopic (exact) mass is 376 g/mol. The van der Waals surface area contributed by atoms with Crippen molar-refractivity contribution in [1.29, 1.82) is 0 Å². The number of likely N-dealkylation sites (tertiary alicyclic amines) is 1. The molecule has 6 heteroatoms. The zero-order valence-electron chi connectivity index (χ0n) is 16.0. The van der Waals surface area contributed by atoms with Gasteiger partial charge in [-0.25, -0.2) is 4.98 Å². The summed E-state index contributed by atoms with van der Waals surface area (Å²) in [5, 5.41) is 11.0. The van der Waals surface area contributed by atoms with Gasteiger partial charge in [0.2, 0.25) is 5.91 Å². The summed E-state index contributed by atoms with van der Waals surface area (Å²) in [6.07, 6.45) is 6.30. The first-order chi connectivity index (χ1) is 13.5. The fourth-order valence-electron chi connectivity index (χ4n) is 3.66. The van der Waals surface area contributed by atoms with Crippen molar-refractivity contribution in [3.8, 4) is 11.4 Å². The largest absolute Gasteiger partial charge is 0.383 e. The first-order valence-corrected chi connectivity index (χ1v) is 9.55. The SMILES string of the molecule is Cc1ccc(C2(O)CCN(C(=O)Cn3ccnc3-c3ccccc3)CC2)nc1. The van der Waals surface area contributed by atoms with Crippen molar-refractivity contribution in [3.05, 3.63) is 72.3 Å². The first kappa shape index (κ1) is 18.4. The van der Waals surface area contributed by atoms with E-state index in [4.69, 9.17) is 0 Å². The van der Waals surface area contributed by atoms with E-state index in [1.165, 1.54) is 0 Å². The molecule has 1 N–H and O–H groups in total. The second kappa shape index (κ2) is 7.56. The van der Waals surface area contributed by atoms with Gasteiger partial charge in [-0.2, -0.15) is 0 Å². The van der Waals surface area contributed by atoms with Crippen LogP contribution in [0.1, 0.15) is 24.1 Å². The number of aryl methyl sites for hydroxylation is 1. The Morgan fingerprint density at radius 3 is 2.54 bits per heavy atom. The molecule has 1 aromatic carbocycles. The van der Waals surface area contributed by atoms with Crippen LogP contribution < -0.4 is 0 Å². The predicted molar refractivity (Wildman–Crippen MR) is 106 cm³/mol. The van der Waals surface area contributed by atoms with Crippen LogP contribution in [0.4, 0.5) is 0 Å². The first-order valence-electron chi connectivity index (χ1n) is 9.55. The summed E-state index contributed by atoms with van der Waals surface area (Å²) in [5.74, 6) is 0.820. The summed E-state index contributed by atoms with van der Waals surface area (Å²) in [7, 11) is 0. The molecule has 2 aromatic heterocycles. The average molecular weight is 376 g/mol. The highest BCUT2D eigenvalue weighted by Gasteiger charge is 2.36. The van der Waals surface area contributed by atoms with Crippen LogP contribution in [-0.2, 0) is 16.9 Å². The number of rotatable bonds is 4. The van der Waals surface area contributed by atoms with E-state index in [0.717, 1.165) is 17.0 Å². The molecule has 0 saturated carbocycles. The van der Waals surface area contributed by atoms with Gasteiger partial charge in [0.1, 0.15) is 18.0 Å². The molecule has 0 unspecified atom stereocenters. The van der Waals surface area contributed by atoms with Crippen LogP contribution >= 0.6 is 0 Å². The molecule has 0 bridgehead atoms. The van der Waals surface area contributed by atoms with Crippen LogP contribution in [0.5, 0.6) is 0 Å². The number of carbonyl (C=O) groups is 1. The Balaban J connectivity index is 1.41. The van der Waals surface area contributed by atoms with E-state index in [2.05, 4.69) is 9.97 Å². The van der Waals surface area contributed by atoms with Crippen molar-refractivity contribution in [1.82, 2.24) is 19.4 Å². The third-order valence-electron chi connectivity index (χ3n) is 5.38. The Kier molecular flexibility index (Phi) is 4.96. The molecule has 0 radical (unpaired) electrons. The Morgan fingerprint density at radius 1 is 1.11 bits per heavy atom. The van der Waals surface area contributed by atoms with Gasteiger partial charge in [-0.15, -0.1) is 0 Å². The summed E-state index contributed by atoms with van der Waals surface area (Å²) in [6.45, 7) is 3.24. The fraction of sp³-hybridized carbons (Fsp3) is 0.318. The molecule has 0 atom stereocenters. The normalized spacial score (nSPS) is 16.1. The maximum atomic E-state index is 12.8. The zero-order valence-corrected chi connectivity index (χ0v) is 16.0. The van der Waals surface area contributed by atoms with E-state index >= 15 is 0 Å². The second-order valence-electron chi connectivity index (χ2n) is 7.38. The molecule has 1 aliphatic rings. The van der Waals surface area contributed by atoms with Gasteiger partial charge in [0.05, 0.1) is 5.69 Å². The Hall–Kier alpha value is -2.99. The maximum Gasteiger partial charge on any atom is 0.242 e. The van der Waals surface area contributed by atoms with Gasteiger partial charge in [0.15, 0.2) is 0 Å². The smallest absolute Gasteiger partial charge is 0.242 e. The number of carbonyl (C=O) groups excluding carboxylic acids is 1.